The molecule has 1 aliphatic rings. The molecule has 0 aliphatic carbocycles. The molecule has 1 unspecified atom stereocenters. The van der Waals surface area contributed by atoms with Crippen molar-refractivity contribution in [3.8, 4) is 5.75 Å². The highest BCUT2D eigenvalue weighted by molar-refractivity contribution is 9.09. The maximum absolute atomic E-state index is 14.1. The molecule has 0 saturated carbocycles. The number of benzene rings is 1. The second kappa shape index (κ2) is 6.90. The van der Waals surface area contributed by atoms with Gasteiger partial charge in [-0.05, 0) is 32.8 Å². The van der Waals surface area contributed by atoms with E-state index < -0.39 is 22.2 Å². The van der Waals surface area contributed by atoms with E-state index in [1.54, 1.807) is 20.8 Å². The van der Waals surface area contributed by atoms with Crippen molar-refractivity contribution in [2.45, 2.75) is 51.2 Å². The number of ether oxygens (including phenoxy) is 2. The first-order chi connectivity index (χ1) is 11.0. The number of anilines is 1. The Morgan fingerprint density at radius 2 is 2.04 bits per heavy atom. The number of hydrogen-bond donors (Lipinski definition) is 0. The van der Waals surface area contributed by atoms with Crippen molar-refractivity contribution >= 4 is 27.6 Å². The molecule has 0 amide bonds. The van der Waals surface area contributed by atoms with Crippen molar-refractivity contribution in [2.75, 3.05) is 18.5 Å². The predicted octanol–water partition coefficient (Wildman–Crippen LogP) is 4.46. The molecule has 1 heterocycles. The molecule has 0 saturated heterocycles. The predicted molar refractivity (Wildman–Crippen MR) is 96.4 cm³/mol. The molecule has 2 atom stereocenters. The van der Waals surface area contributed by atoms with Gasteiger partial charge < -0.3 is 14.4 Å². The molecule has 0 N–H and O–H groups in total. The summed E-state index contributed by atoms with van der Waals surface area (Å²) < 4.78 is 25.6. The summed E-state index contributed by atoms with van der Waals surface area (Å²) >= 11 is 3.35. The number of rotatable bonds is 3. The van der Waals surface area contributed by atoms with E-state index in [0.717, 1.165) is 0 Å². The summed E-state index contributed by atoms with van der Waals surface area (Å²) in [5.41, 5.74) is 0.487. The maximum Gasteiger partial charge on any atom is 0.324 e. The lowest BCUT2D eigenvalue weighted by atomic mass is 10.0. The van der Waals surface area contributed by atoms with Gasteiger partial charge in [-0.2, -0.15) is 0 Å². The lowest BCUT2D eigenvalue weighted by Gasteiger charge is -2.37. The van der Waals surface area contributed by atoms with Crippen molar-refractivity contribution in [3.05, 3.63) is 23.5 Å². The van der Waals surface area contributed by atoms with Crippen molar-refractivity contribution < 1.29 is 18.7 Å². The van der Waals surface area contributed by atoms with Crippen molar-refractivity contribution in [1.82, 2.24) is 0 Å². The van der Waals surface area contributed by atoms with Crippen molar-refractivity contribution in [3.63, 3.8) is 0 Å². The molecule has 2 rings (SSSR count). The second-order valence-corrected chi connectivity index (χ2v) is 8.44. The lowest BCUT2D eigenvalue weighted by Crippen LogP contribution is -2.41. The Bertz CT molecular complexity index is 627. The van der Waals surface area contributed by atoms with Gasteiger partial charge in [0.05, 0.1) is 12.2 Å². The number of likely N-dealkylation sites (N-methyl/N-ethyl adjacent to an activating group) is 1. The third-order valence-electron chi connectivity index (χ3n) is 3.83. The Morgan fingerprint density at radius 3 is 2.58 bits per heavy atom. The number of alkyl halides is 1. The molecule has 0 fully saturated rings. The molecular weight excluding hydrogens is 377 g/mol. The van der Waals surface area contributed by atoms with Crippen molar-refractivity contribution in [1.29, 1.82) is 0 Å². The molecular formula is C18H25BrFNO3. The fourth-order valence-electron chi connectivity index (χ4n) is 2.58. The Kier molecular flexibility index (Phi) is 5.47. The van der Waals surface area contributed by atoms with Gasteiger partial charge in [-0.15, -0.1) is 0 Å². The molecule has 0 radical (unpaired) electrons. The zero-order valence-electron chi connectivity index (χ0n) is 15.0. The van der Waals surface area contributed by atoms with Crippen LogP contribution in [0.25, 0.3) is 0 Å². The fraction of sp³-hybridized carbons (Fsp3) is 0.611. The molecule has 24 heavy (non-hydrogen) atoms. The summed E-state index contributed by atoms with van der Waals surface area (Å²) in [7, 11) is 1.90. The van der Waals surface area contributed by atoms with E-state index >= 15 is 0 Å². The van der Waals surface area contributed by atoms with Crippen LogP contribution in [0.3, 0.4) is 0 Å². The van der Waals surface area contributed by atoms with E-state index in [0.29, 0.717) is 29.5 Å². The lowest BCUT2D eigenvalue weighted by molar-refractivity contribution is -0.154. The maximum atomic E-state index is 14.1. The number of nitrogens with zero attached hydrogens (tertiary/aromatic N) is 1. The van der Waals surface area contributed by atoms with Crippen LogP contribution in [0.2, 0.25) is 0 Å². The molecule has 1 aliphatic heterocycles. The van der Waals surface area contributed by atoms with Crippen LogP contribution in [0, 0.1) is 11.7 Å². The quantitative estimate of drug-likeness (QED) is 0.553. The Balaban J connectivity index is 2.42. The zero-order valence-corrected chi connectivity index (χ0v) is 16.6. The van der Waals surface area contributed by atoms with Gasteiger partial charge in [-0.25, -0.2) is 4.39 Å². The van der Waals surface area contributed by atoms with Crippen LogP contribution in [0.1, 0.15) is 45.0 Å². The number of carbonyl (C=O) groups excluding carboxylic acids is 1. The molecule has 6 heteroatoms. The molecule has 134 valence electrons. The molecule has 1 aromatic rings. The van der Waals surface area contributed by atoms with E-state index in [9.17, 15) is 9.18 Å². The van der Waals surface area contributed by atoms with Gasteiger partial charge >= 0.3 is 5.97 Å². The van der Waals surface area contributed by atoms with E-state index in [-0.39, 0.29) is 6.10 Å². The van der Waals surface area contributed by atoms with Crippen LogP contribution in [0.5, 0.6) is 5.75 Å². The van der Waals surface area contributed by atoms with Crippen LogP contribution in [-0.4, -0.2) is 31.3 Å². The summed E-state index contributed by atoms with van der Waals surface area (Å²) in [5, 5.41) is 0. The van der Waals surface area contributed by atoms with Gasteiger partial charge in [-0.1, -0.05) is 29.8 Å². The summed E-state index contributed by atoms with van der Waals surface area (Å²) in [5.74, 6) is -0.0335. The normalized spacial score (nSPS) is 18.9. The summed E-state index contributed by atoms with van der Waals surface area (Å²) in [6, 6.07) is 2.77. The van der Waals surface area contributed by atoms with Crippen LogP contribution >= 0.6 is 15.9 Å². The van der Waals surface area contributed by atoms with Crippen LogP contribution in [0.15, 0.2) is 12.1 Å². The van der Waals surface area contributed by atoms with E-state index in [1.807, 2.05) is 11.9 Å². The Morgan fingerprint density at radius 1 is 1.42 bits per heavy atom. The van der Waals surface area contributed by atoms with E-state index in [1.165, 1.54) is 12.1 Å². The highest BCUT2D eigenvalue weighted by Gasteiger charge is 2.33. The summed E-state index contributed by atoms with van der Waals surface area (Å²) in [6.07, 6.45) is -0.0231. The number of fused-ring (bicyclic) bond motifs is 1. The first kappa shape index (κ1) is 19.0. The smallest absolute Gasteiger partial charge is 0.324 e. The Labute approximate surface area is 151 Å². The molecule has 4 nitrogen and oxygen atoms in total. The molecule has 1 aromatic carbocycles. The van der Waals surface area contributed by atoms with Gasteiger partial charge in [0.2, 0.25) is 0 Å². The first-order valence-electron chi connectivity index (χ1n) is 8.07. The standard InChI is InChI=1S/C18H25BrFNO3/c1-10(2)14-9-21(6)13-8-11(20)7-12(16(13)23-14)15(19)17(22)24-18(3,4)5/h7-8,10,14-15H,9H2,1-6H3/t14-,15?/m0/s1. The van der Waals surface area contributed by atoms with Gasteiger partial charge in [0.1, 0.15) is 28.1 Å². The van der Waals surface area contributed by atoms with Crippen LogP contribution in [-0.2, 0) is 9.53 Å². The topological polar surface area (TPSA) is 38.8 Å². The third-order valence-corrected chi connectivity index (χ3v) is 4.69. The number of hydrogen-bond acceptors (Lipinski definition) is 4. The average Bonchev–Trinajstić information content (AvgIpc) is 2.44. The van der Waals surface area contributed by atoms with E-state index in [4.69, 9.17) is 9.47 Å². The molecule has 0 spiro atoms. The largest absolute Gasteiger partial charge is 0.486 e. The fourth-order valence-corrected chi connectivity index (χ4v) is 3.02. The average molecular weight is 402 g/mol. The molecule has 0 bridgehead atoms. The van der Waals surface area contributed by atoms with E-state index in [2.05, 4.69) is 29.8 Å². The molecule has 0 aromatic heterocycles. The highest BCUT2D eigenvalue weighted by atomic mass is 79.9. The van der Waals surface area contributed by atoms with Gasteiger partial charge in [0.25, 0.3) is 0 Å². The number of carbonyl (C=O) groups is 1. The van der Waals surface area contributed by atoms with Gasteiger partial charge in [-0.3, -0.25) is 4.79 Å². The van der Waals surface area contributed by atoms with Gasteiger partial charge in [0.15, 0.2) is 0 Å². The Hall–Kier alpha value is -1.30. The zero-order chi connectivity index (χ0) is 18.2. The van der Waals surface area contributed by atoms with Crippen LogP contribution in [0.4, 0.5) is 10.1 Å². The highest BCUT2D eigenvalue weighted by Crippen LogP contribution is 2.43. The number of halogens is 2. The summed E-state index contributed by atoms with van der Waals surface area (Å²) in [6.45, 7) is 10.2. The SMILES string of the molecule is CC(C)[C@@H]1CN(C)c2cc(F)cc(C(Br)C(=O)OC(C)(C)C)c2O1. The minimum Gasteiger partial charge on any atom is -0.486 e. The second-order valence-electron chi connectivity index (χ2n) is 7.52. The van der Waals surface area contributed by atoms with Gasteiger partial charge in [0, 0.05) is 18.7 Å². The summed E-state index contributed by atoms with van der Waals surface area (Å²) in [4.78, 5) is 13.6. The van der Waals surface area contributed by atoms with Crippen LogP contribution < -0.4 is 9.64 Å². The third kappa shape index (κ3) is 4.21. The number of esters is 1. The first-order valence-corrected chi connectivity index (χ1v) is 8.99. The minimum absolute atomic E-state index is 0.0231. The monoisotopic (exact) mass is 401 g/mol. The van der Waals surface area contributed by atoms with Crippen molar-refractivity contribution in [2.24, 2.45) is 5.92 Å². The minimum atomic E-state index is -0.791.